The van der Waals surface area contributed by atoms with E-state index in [2.05, 4.69) is 93.5 Å². The van der Waals surface area contributed by atoms with E-state index in [0.717, 1.165) is 0 Å². The number of nitrogens with zero attached hydrogens (tertiary/aromatic N) is 2. The molecule has 182 valence electrons. The third-order valence-corrected chi connectivity index (χ3v) is 10.8. The summed E-state index contributed by atoms with van der Waals surface area (Å²) in [5.74, 6) is 0. The number of hydrogen-bond donors (Lipinski definition) is 0. The Kier molecular flexibility index (Phi) is 4.55. The van der Waals surface area contributed by atoms with Gasteiger partial charge in [0, 0.05) is 87.0 Å². The van der Waals surface area contributed by atoms with Gasteiger partial charge in [0.1, 0.15) is 0 Å². The van der Waals surface area contributed by atoms with Gasteiger partial charge in [0.25, 0.3) is 0 Å². The van der Waals surface area contributed by atoms with Crippen molar-refractivity contribution in [2.24, 2.45) is 0 Å². The Balaban J connectivity index is 1.43. The van der Waals surface area contributed by atoms with Crippen molar-refractivity contribution in [2.75, 3.05) is 0 Å². The Bertz CT molecular complexity index is 2240. The topological polar surface area (TPSA) is 25.8 Å². The normalized spacial score (nSPS) is 12.1. The van der Waals surface area contributed by atoms with Crippen LogP contribution < -0.4 is 0 Å². The molecule has 0 unspecified atom stereocenters. The molecule has 39 heavy (non-hydrogen) atoms. The van der Waals surface area contributed by atoms with Crippen LogP contribution in [0, 0.1) is 0 Å². The van der Waals surface area contributed by atoms with Crippen LogP contribution in [-0.4, -0.2) is 9.97 Å². The summed E-state index contributed by atoms with van der Waals surface area (Å²) in [5.41, 5.74) is 5.08. The molecular weight excluding hydrogens is 533 g/mol. The van der Waals surface area contributed by atoms with Crippen molar-refractivity contribution in [3.05, 3.63) is 108 Å². The minimum Gasteiger partial charge on any atom is -0.264 e. The zero-order chi connectivity index (χ0) is 25.5. The molecule has 0 atom stereocenters. The van der Waals surface area contributed by atoms with Gasteiger partial charge in [-0.2, -0.15) is 0 Å². The molecule has 0 spiro atoms. The lowest BCUT2D eigenvalue weighted by Crippen LogP contribution is -1.85. The highest BCUT2D eigenvalue weighted by atomic mass is 32.1. The number of hydrogen-bond acceptors (Lipinski definition) is 5. The summed E-state index contributed by atoms with van der Waals surface area (Å²) >= 11 is 5.51. The highest BCUT2D eigenvalue weighted by Gasteiger charge is 2.20. The van der Waals surface area contributed by atoms with Gasteiger partial charge in [0.05, 0.1) is 0 Å². The third-order valence-electron chi connectivity index (χ3n) is 7.82. The Morgan fingerprint density at radius 1 is 0.436 bits per heavy atom. The van der Waals surface area contributed by atoms with Gasteiger partial charge >= 0.3 is 0 Å². The summed E-state index contributed by atoms with van der Waals surface area (Å²) in [6.07, 6.45) is 7.93. The third kappa shape index (κ3) is 3.06. The van der Waals surface area contributed by atoms with Crippen molar-refractivity contribution in [1.82, 2.24) is 9.97 Å². The second-order valence-corrected chi connectivity index (χ2v) is 12.7. The molecule has 5 aromatic heterocycles. The molecule has 0 aliphatic rings. The predicted molar refractivity (Wildman–Crippen MR) is 172 cm³/mol. The maximum absolute atomic E-state index is 4.57. The average Bonchev–Trinajstić information content (AvgIpc) is 3.71. The van der Waals surface area contributed by atoms with Crippen LogP contribution in [0.1, 0.15) is 0 Å². The van der Waals surface area contributed by atoms with Gasteiger partial charge in [-0.25, -0.2) is 0 Å². The fourth-order valence-electron chi connectivity index (χ4n) is 6.10. The summed E-state index contributed by atoms with van der Waals surface area (Å²) in [6, 6.07) is 26.5. The molecule has 0 fully saturated rings. The monoisotopic (exact) mass is 550 g/mol. The van der Waals surface area contributed by atoms with E-state index in [4.69, 9.17) is 0 Å². The van der Waals surface area contributed by atoms with Crippen molar-refractivity contribution in [3.63, 3.8) is 0 Å². The lowest BCUT2D eigenvalue weighted by atomic mass is 9.93. The van der Waals surface area contributed by atoms with Crippen molar-refractivity contribution >= 4 is 95.9 Å². The van der Waals surface area contributed by atoms with Gasteiger partial charge in [-0.15, -0.1) is 34.0 Å². The van der Waals surface area contributed by atoms with Crippen molar-refractivity contribution in [2.45, 2.75) is 0 Å². The number of rotatable bonds is 2. The Labute approximate surface area is 235 Å². The highest BCUT2D eigenvalue weighted by molar-refractivity contribution is 7.26. The molecule has 0 amide bonds. The average molecular weight is 551 g/mol. The first-order valence-corrected chi connectivity index (χ1v) is 15.4. The summed E-state index contributed by atoms with van der Waals surface area (Å²) in [7, 11) is 0. The van der Waals surface area contributed by atoms with Gasteiger partial charge in [0.2, 0.25) is 0 Å². The SMILES string of the molecule is c1ccc2c(-c3cc4sc5cc(-c6csc7ccccc67)c6cnccc6c5c4c4ccncc34)csc2c1. The fraction of sp³-hybridized carbons (Fsp3) is 0. The van der Waals surface area contributed by atoms with Crippen LogP contribution in [0.15, 0.2) is 108 Å². The minimum atomic E-state index is 1.20. The van der Waals surface area contributed by atoms with Gasteiger partial charge in [-0.05, 0) is 69.1 Å². The molecule has 0 N–H and O–H groups in total. The fourth-order valence-corrected chi connectivity index (χ4v) is 9.24. The van der Waals surface area contributed by atoms with Crippen LogP contribution >= 0.6 is 34.0 Å². The molecule has 9 aromatic rings. The molecule has 5 heterocycles. The predicted octanol–water partition coefficient (Wildman–Crippen LogP) is 10.9. The standard InChI is InChI=1S/C34H18N2S3/c1-3-7-29-19(5-1)27(17-37-29)23-13-31-33(21-9-11-35-15-25(21)23)34-22-10-12-36-16-26(22)24(14-32(34)39-31)28-18-38-30-8-4-2-6-20(28)30/h1-18H. The highest BCUT2D eigenvalue weighted by Crippen LogP contribution is 2.49. The maximum Gasteiger partial charge on any atom is 0.0368 e. The number of pyridine rings is 2. The molecule has 0 saturated carbocycles. The van der Waals surface area contributed by atoms with Crippen LogP contribution in [0.25, 0.3) is 84.1 Å². The Hall–Kier alpha value is -4.16. The molecule has 0 saturated heterocycles. The number of aromatic nitrogens is 2. The van der Waals surface area contributed by atoms with Crippen molar-refractivity contribution in [3.8, 4) is 22.3 Å². The van der Waals surface area contributed by atoms with E-state index >= 15 is 0 Å². The number of benzene rings is 4. The molecule has 9 rings (SSSR count). The first kappa shape index (κ1) is 21.7. The van der Waals surface area contributed by atoms with Crippen molar-refractivity contribution in [1.29, 1.82) is 0 Å². The summed E-state index contributed by atoms with van der Waals surface area (Å²) in [4.78, 5) is 9.14. The Morgan fingerprint density at radius 3 is 1.44 bits per heavy atom. The number of thiophene rings is 3. The molecular formula is C34H18N2S3. The second-order valence-electron chi connectivity index (χ2n) is 9.83. The zero-order valence-electron chi connectivity index (χ0n) is 20.5. The summed E-state index contributed by atoms with van der Waals surface area (Å²) in [5, 5.41) is 14.7. The van der Waals surface area contributed by atoms with Gasteiger partial charge in [0.15, 0.2) is 0 Å². The minimum absolute atomic E-state index is 1.20. The zero-order valence-corrected chi connectivity index (χ0v) is 23.0. The van der Waals surface area contributed by atoms with E-state index in [9.17, 15) is 0 Å². The maximum atomic E-state index is 4.57. The van der Waals surface area contributed by atoms with Gasteiger partial charge in [-0.3, -0.25) is 9.97 Å². The van der Waals surface area contributed by atoms with E-state index in [0.29, 0.717) is 0 Å². The van der Waals surface area contributed by atoms with Crippen LogP contribution in [0.2, 0.25) is 0 Å². The summed E-state index contributed by atoms with van der Waals surface area (Å²) in [6.45, 7) is 0. The molecule has 5 heteroatoms. The van der Waals surface area contributed by atoms with Crippen LogP contribution in [-0.2, 0) is 0 Å². The second kappa shape index (κ2) is 8.17. The molecule has 0 aliphatic carbocycles. The van der Waals surface area contributed by atoms with E-state index in [-0.39, 0.29) is 0 Å². The first-order valence-electron chi connectivity index (χ1n) is 12.8. The van der Waals surface area contributed by atoms with E-state index in [1.54, 1.807) is 0 Å². The van der Waals surface area contributed by atoms with E-state index in [1.807, 2.05) is 58.8 Å². The molecule has 0 radical (unpaired) electrons. The largest absolute Gasteiger partial charge is 0.264 e. The van der Waals surface area contributed by atoms with Crippen LogP contribution in [0.4, 0.5) is 0 Å². The molecule has 0 bridgehead atoms. The molecule has 0 aliphatic heterocycles. The quantitative estimate of drug-likeness (QED) is 0.214. The van der Waals surface area contributed by atoms with Crippen LogP contribution in [0.5, 0.6) is 0 Å². The van der Waals surface area contributed by atoms with Gasteiger partial charge in [-0.1, -0.05) is 36.4 Å². The van der Waals surface area contributed by atoms with E-state index < -0.39 is 0 Å². The smallest absolute Gasteiger partial charge is 0.0368 e. The summed E-state index contributed by atoms with van der Waals surface area (Å²) < 4.78 is 5.23. The van der Waals surface area contributed by atoms with Gasteiger partial charge < -0.3 is 0 Å². The first-order chi connectivity index (χ1) is 19.3. The van der Waals surface area contributed by atoms with Crippen LogP contribution in [0.3, 0.4) is 0 Å². The van der Waals surface area contributed by atoms with Crippen molar-refractivity contribution < 1.29 is 0 Å². The van der Waals surface area contributed by atoms with E-state index in [1.165, 1.54) is 84.1 Å². The molecule has 2 nitrogen and oxygen atoms in total. The lowest BCUT2D eigenvalue weighted by Gasteiger charge is -2.10. The lowest BCUT2D eigenvalue weighted by molar-refractivity contribution is 1.37. The number of fused-ring (bicyclic) bond motifs is 9. The Morgan fingerprint density at radius 2 is 0.923 bits per heavy atom. The molecule has 4 aromatic carbocycles.